The van der Waals surface area contributed by atoms with Gasteiger partial charge < -0.3 is 5.11 Å². The Morgan fingerprint density at radius 3 is 2.38 bits per heavy atom. The molecule has 0 amide bonds. The molecule has 7 heteroatoms. The van der Waals surface area contributed by atoms with Crippen molar-refractivity contribution in [2.75, 3.05) is 0 Å². The van der Waals surface area contributed by atoms with Crippen LogP contribution < -0.4 is 0 Å². The molecule has 0 unspecified atom stereocenters. The molecule has 0 radical (unpaired) electrons. The quantitative estimate of drug-likeness (QED) is 0.852. The number of halogens is 5. The molecular formula is C9H5BrF4O2. The third-order valence-electron chi connectivity index (χ3n) is 1.81. The van der Waals surface area contributed by atoms with Gasteiger partial charge in [-0.1, -0.05) is 6.07 Å². The number of hydrogen-bond donors (Lipinski definition) is 1. The average Bonchev–Trinajstić information content (AvgIpc) is 2.10. The molecule has 1 aromatic carbocycles. The minimum Gasteiger partial charge on any atom is -0.481 e. The smallest absolute Gasteiger partial charge is 0.417 e. The van der Waals surface area contributed by atoms with Crippen LogP contribution in [0.2, 0.25) is 0 Å². The van der Waals surface area contributed by atoms with Crippen LogP contribution in [0.5, 0.6) is 0 Å². The van der Waals surface area contributed by atoms with Crippen LogP contribution in [0.15, 0.2) is 16.6 Å². The molecule has 0 aromatic heterocycles. The molecular weight excluding hydrogens is 296 g/mol. The second-order valence-corrected chi connectivity index (χ2v) is 3.76. The van der Waals surface area contributed by atoms with Crippen molar-refractivity contribution in [3.63, 3.8) is 0 Å². The monoisotopic (exact) mass is 300 g/mol. The lowest BCUT2D eigenvalue weighted by molar-refractivity contribution is -0.138. The molecule has 0 spiro atoms. The summed E-state index contributed by atoms with van der Waals surface area (Å²) in [7, 11) is 0. The second-order valence-electron chi connectivity index (χ2n) is 2.97. The Balaban J connectivity index is 3.24. The molecule has 0 heterocycles. The molecule has 1 rings (SSSR count). The summed E-state index contributed by atoms with van der Waals surface area (Å²) in [4.78, 5) is 10.3. The highest BCUT2D eigenvalue weighted by molar-refractivity contribution is 9.10. The molecule has 0 aliphatic heterocycles. The highest BCUT2D eigenvalue weighted by Crippen LogP contribution is 2.37. The SMILES string of the molecule is O=C(O)Cc1ccc(C(F)(F)F)c(Br)c1F. The van der Waals surface area contributed by atoms with E-state index in [-0.39, 0.29) is 5.56 Å². The van der Waals surface area contributed by atoms with Crippen molar-refractivity contribution in [3.05, 3.63) is 33.5 Å². The molecule has 0 saturated heterocycles. The summed E-state index contributed by atoms with van der Waals surface area (Å²) in [6.45, 7) is 0. The normalized spacial score (nSPS) is 11.6. The highest BCUT2D eigenvalue weighted by Gasteiger charge is 2.34. The van der Waals surface area contributed by atoms with Crippen LogP contribution in [0.25, 0.3) is 0 Å². The maximum atomic E-state index is 13.3. The van der Waals surface area contributed by atoms with Crippen LogP contribution in [0.1, 0.15) is 11.1 Å². The van der Waals surface area contributed by atoms with Gasteiger partial charge in [-0.2, -0.15) is 13.2 Å². The van der Waals surface area contributed by atoms with Crippen LogP contribution in [0.3, 0.4) is 0 Å². The van der Waals surface area contributed by atoms with Crippen molar-refractivity contribution < 1.29 is 27.5 Å². The first-order valence-electron chi connectivity index (χ1n) is 3.99. The van der Waals surface area contributed by atoms with Crippen LogP contribution in [-0.4, -0.2) is 11.1 Å². The molecule has 0 aliphatic rings. The second kappa shape index (κ2) is 4.40. The number of benzene rings is 1. The van der Waals surface area contributed by atoms with Gasteiger partial charge in [0.05, 0.1) is 16.5 Å². The fraction of sp³-hybridized carbons (Fsp3) is 0.222. The van der Waals surface area contributed by atoms with E-state index >= 15 is 0 Å². The summed E-state index contributed by atoms with van der Waals surface area (Å²) in [5.74, 6) is -2.51. The summed E-state index contributed by atoms with van der Waals surface area (Å²) < 4.78 is 49.5. The van der Waals surface area contributed by atoms with Gasteiger partial charge in [0.1, 0.15) is 5.82 Å². The van der Waals surface area contributed by atoms with Gasteiger partial charge in [0, 0.05) is 5.56 Å². The Morgan fingerprint density at radius 1 is 1.38 bits per heavy atom. The Kier molecular flexibility index (Phi) is 3.57. The maximum Gasteiger partial charge on any atom is 0.417 e. The Morgan fingerprint density at radius 2 is 1.94 bits per heavy atom. The van der Waals surface area contributed by atoms with Gasteiger partial charge >= 0.3 is 12.1 Å². The highest BCUT2D eigenvalue weighted by atomic mass is 79.9. The van der Waals surface area contributed by atoms with Crippen molar-refractivity contribution in [2.24, 2.45) is 0 Å². The van der Waals surface area contributed by atoms with Gasteiger partial charge in [-0.25, -0.2) is 4.39 Å². The molecule has 1 aromatic rings. The molecule has 0 atom stereocenters. The zero-order valence-corrected chi connectivity index (χ0v) is 9.19. The lowest BCUT2D eigenvalue weighted by Gasteiger charge is -2.11. The van der Waals surface area contributed by atoms with Crippen LogP contribution in [-0.2, 0) is 17.4 Å². The Labute approximate surface area is 96.0 Å². The van der Waals surface area contributed by atoms with Crippen molar-refractivity contribution >= 4 is 21.9 Å². The van der Waals surface area contributed by atoms with E-state index in [0.717, 1.165) is 6.07 Å². The van der Waals surface area contributed by atoms with E-state index in [2.05, 4.69) is 15.9 Å². The first kappa shape index (κ1) is 13.0. The topological polar surface area (TPSA) is 37.3 Å². The van der Waals surface area contributed by atoms with Gasteiger partial charge in [0.15, 0.2) is 0 Å². The number of carboxylic acid groups (broad SMARTS) is 1. The lowest BCUT2D eigenvalue weighted by Crippen LogP contribution is -2.10. The molecule has 1 N–H and O–H groups in total. The minimum atomic E-state index is -4.68. The fourth-order valence-corrected chi connectivity index (χ4v) is 1.72. The average molecular weight is 301 g/mol. The summed E-state index contributed by atoms with van der Waals surface area (Å²) >= 11 is 2.47. The van der Waals surface area contributed by atoms with Crippen molar-refractivity contribution in [2.45, 2.75) is 12.6 Å². The summed E-state index contributed by atoms with van der Waals surface area (Å²) in [5, 5.41) is 8.41. The molecule has 2 nitrogen and oxygen atoms in total. The third-order valence-corrected chi connectivity index (χ3v) is 2.58. The number of carbonyl (C=O) groups is 1. The molecule has 0 aliphatic carbocycles. The molecule has 16 heavy (non-hydrogen) atoms. The van der Waals surface area contributed by atoms with Gasteiger partial charge in [0.25, 0.3) is 0 Å². The first-order chi connectivity index (χ1) is 7.23. The van der Waals surface area contributed by atoms with Crippen molar-refractivity contribution in [1.29, 1.82) is 0 Å². The maximum absolute atomic E-state index is 13.3. The van der Waals surface area contributed by atoms with E-state index in [1.165, 1.54) is 0 Å². The largest absolute Gasteiger partial charge is 0.481 e. The van der Waals surface area contributed by atoms with Crippen LogP contribution in [0.4, 0.5) is 17.6 Å². The summed E-state index contributed by atoms with van der Waals surface area (Å²) in [6, 6.07) is 1.46. The van der Waals surface area contributed by atoms with Crippen LogP contribution in [0, 0.1) is 5.82 Å². The minimum absolute atomic E-state index is 0.299. The molecule has 0 saturated carbocycles. The number of hydrogen-bond acceptors (Lipinski definition) is 1. The number of aliphatic carboxylic acids is 1. The third kappa shape index (κ3) is 2.72. The van der Waals surface area contributed by atoms with E-state index < -0.39 is 34.4 Å². The Hall–Kier alpha value is -1.11. The zero-order chi connectivity index (χ0) is 12.5. The van der Waals surface area contributed by atoms with E-state index in [4.69, 9.17) is 5.11 Å². The molecule has 0 fully saturated rings. The van der Waals surface area contributed by atoms with Crippen molar-refractivity contribution in [1.82, 2.24) is 0 Å². The standard InChI is InChI=1S/C9H5BrF4O2/c10-7-5(9(12,13)14)2-1-4(8(7)11)3-6(15)16/h1-2H,3H2,(H,15,16). The van der Waals surface area contributed by atoms with Gasteiger partial charge in [-0.15, -0.1) is 0 Å². The van der Waals surface area contributed by atoms with E-state index in [1.807, 2.05) is 0 Å². The van der Waals surface area contributed by atoms with Crippen molar-refractivity contribution in [3.8, 4) is 0 Å². The first-order valence-corrected chi connectivity index (χ1v) is 4.78. The van der Waals surface area contributed by atoms with Crippen LogP contribution >= 0.6 is 15.9 Å². The lowest BCUT2D eigenvalue weighted by atomic mass is 10.1. The summed E-state index contributed by atoms with van der Waals surface area (Å²) in [6.07, 6.45) is -5.34. The predicted octanol–water partition coefficient (Wildman–Crippen LogP) is 3.23. The zero-order valence-electron chi connectivity index (χ0n) is 7.61. The van der Waals surface area contributed by atoms with Gasteiger partial charge in [0.2, 0.25) is 0 Å². The number of carboxylic acids is 1. The van der Waals surface area contributed by atoms with E-state index in [1.54, 1.807) is 0 Å². The number of alkyl halides is 3. The van der Waals surface area contributed by atoms with E-state index in [0.29, 0.717) is 6.07 Å². The fourth-order valence-electron chi connectivity index (χ4n) is 1.11. The Bertz CT molecular complexity index is 428. The van der Waals surface area contributed by atoms with E-state index in [9.17, 15) is 22.4 Å². The number of rotatable bonds is 2. The predicted molar refractivity (Wildman–Crippen MR) is 50.4 cm³/mol. The molecule has 0 bridgehead atoms. The summed E-state index contributed by atoms with van der Waals surface area (Å²) in [5.41, 5.74) is -1.47. The molecule has 88 valence electrons. The van der Waals surface area contributed by atoms with Gasteiger partial charge in [-0.3, -0.25) is 4.79 Å². The van der Waals surface area contributed by atoms with Gasteiger partial charge in [-0.05, 0) is 22.0 Å².